The molecule has 7 heteroatoms. The fourth-order valence-corrected chi connectivity index (χ4v) is 1.68. The summed E-state index contributed by atoms with van der Waals surface area (Å²) < 4.78 is 43.3. The Morgan fingerprint density at radius 2 is 2.38 bits per heavy atom. The Hall–Kier alpha value is -1.08. The number of ether oxygens (including phenoxy) is 1. The van der Waals surface area contributed by atoms with Gasteiger partial charge in [0, 0.05) is 13.1 Å². The average Bonchev–Trinajstić information content (AvgIpc) is 2.64. The van der Waals surface area contributed by atoms with Gasteiger partial charge in [0.2, 0.25) is 0 Å². The molecule has 0 amide bonds. The van der Waals surface area contributed by atoms with Gasteiger partial charge in [-0.1, -0.05) is 0 Å². The summed E-state index contributed by atoms with van der Waals surface area (Å²) in [6.07, 6.45) is -1.99. The third-order valence-corrected chi connectivity index (χ3v) is 2.35. The summed E-state index contributed by atoms with van der Waals surface area (Å²) in [5.74, 6) is 0. The predicted octanol–water partition coefficient (Wildman–Crippen LogP) is 1.11. The highest BCUT2D eigenvalue weighted by atomic mass is 19.4. The number of halogens is 3. The third-order valence-electron chi connectivity index (χ3n) is 2.35. The first kappa shape index (κ1) is 11.4. The number of nitrogens with one attached hydrogen (secondary N) is 1. The smallest absolute Gasteiger partial charge is 0.369 e. The maximum Gasteiger partial charge on any atom is 0.406 e. The van der Waals surface area contributed by atoms with Crippen molar-refractivity contribution in [2.75, 3.05) is 19.7 Å². The van der Waals surface area contributed by atoms with Crippen LogP contribution >= 0.6 is 0 Å². The fourth-order valence-electron chi connectivity index (χ4n) is 1.68. The lowest BCUT2D eigenvalue weighted by Crippen LogP contribution is -2.34. The van der Waals surface area contributed by atoms with Crippen LogP contribution in [0.4, 0.5) is 13.2 Å². The van der Waals surface area contributed by atoms with Crippen LogP contribution in [-0.4, -0.2) is 35.4 Å². The Balaban J connectivity index is 2.11. The molecule has 16 heavy (non-hydrogen) atoms. The zero-order chi connectivity index (χ0) is 11.6. The minimum atomic E-state index is -4.24. The molecular formula is C9H12F3N3O. The van der Waals surface area contributed by atoms with Gasteiger partial charge in [-0.2, -0.15) is 13.2 Å². The summed E-state index contributed by atoms with van der Waals surface area (Å²) in [6.45, 7) is 0.720. The van der Waals surface area contributed by atoms with Crippen LogP contribution in [0.1, 0.15) is 11.8 Å². The fraction of sp³-hybridized carbons (Fsp3) is 0.667. The Morgan fingerprint density at radius 1 is 1.56 bits per heavy atom. The van der Waals surface area contributed by atoms with Gasteiger partial charge in [0.25, 0.3) is 0 Å². The van der Waals surface area contributed by atoms with E-state index in [1.54, 1.807) is 0 Å². The van der Waals surface area contributed by atoms with Gasteiger partial charge in [-0.15, -0.1) is 0 Å². The van der Waals surface area contributed by atoms with Crippen molar-refractivity contribution in [3.8, 4) is 0 Å². The number of rotatable bonds is 2. The molecule has 1 unspecified atom stereocenters. The first-order chi connectivity index (χ1) is 7.56. The normalized spacial score (nSPS) is 22.3. The SMILES string of the molecule is FC(F)(F)Cn1cncc1C1CNCCO1. The monoisotopic (exact) mass is 235 g/mol. The molecule has 2 rings (SSSR count). The zero-order valence-electron chi connectivity index (χ0n) is 8.50. The van der Waals surface area contributed by atoms with E-state index in [1.165, 1.54) is 12.5 Å². The number of alkyl halides is 3. The van der Waals surface area contributed by atoms with Crippen molar-refractivity contribution in [3.63, 3.8) is 0 Å². The number of aromatic nitrogens is 2. The largest absolute Gasteiger partial charge is 0.406 e. The van der Waals surface area contributed by atoms with Gasteiger partial charge >= 0.3 is 6.18 Å². The molecule has 1 aromatic heterocycles. The van der Waals surface area contributed by atoms with E-state index in [9.17, 15) is 13.2 Å². The van der Waals surface area contributed by atoms with Crippen LogP contribution < -0.4 is 5.32 Å². The summed E-state index contributed by atoms with van der Waals surface area (Å²) in [5.41, 5.74) is 0.463. The molecule has 1 atom stereocenters. The second-order valence-electron chi connectivity index (χ2n) is 3.63. The number of hydrogen-bond acceptors (Lipinski definition) is 3. The number of morpholine rings is 1. The third kappa shape index (κ3) is 2.73. The molecule has 0 aromatic carbocycles. The lowest BCUT2D eigenvalue weighted by molar-refractivity contribution is -0.141. The summed E-state index contributed by atoms with van der Waals surface area (Å²) in [4.78, 5) is 3.74. The van der Waals surface area contributed by atoms with Gasteiger partial charge in [-0.05, 0) is 0 Å². The summed E-state index contributed by atoms with van der Waals surface area (Å²) in [7, 11) is 0. The number of nitrogens with zero attached hydrogens (tertiary/aromatic N) is 2. The van der Waals surface area contributed by atoms with Crippen LogP contribution in [0.25, 0.3) is 0 Å². The summed E-state index contributed by atoms with van der Waals surface area (Å²) in [6, 6.07) is 0. The minimum absolute atomic E-state index is 0.349. The van der Waals surface area contributed by atoms with Gasteiger partial charge in [0.1, 0.15) is 12.6 Å². The lowest BCUT2D eigenvalue weighted by atomic mass is 10.2. The van der Waals surface area contributed by atoms with E-state index in [-0.39, 0.29) is 6.10 Å². The van der Waals surface area contributed by atoms with E-state index >= 15 is 0 Å². The van der Waals surface area contributed by atoms with Gasteiger partial charge in [-0.3, -0.25) is 0 Å². The lowest BCUT2D eigenvalue weighted by Gasteiger charge is -2.24. The van der Waals surface area contributed by atoms with Crippen molar-refractivity contribution in [2.45, 2.75) is 18.8 Å². The highest BCUT2D eigenvalue weighted by Crippen LogP contribution is 2.23. The average molecular weight is 235 g/mol. The van der Waals surface area contributed by atoms with Crippen molar-refractivity contribution < 1.29 is 17.9 Å². The molecule has 1 fully saturated rings. The maximum atomic E-state index is 12.3. The molecule has 0 bridgehead atoms. The highest BCUT2D eigenvalue weighted by molar-refractivity contribution is 5.05. The molecule has 2 heterocycles. The van der Waals surface area contributed by atoms with E-state index in [4.69, 9.17) is 4.74 Å². The second-order valence-corrected chi connectivity index (χ2v) is 3.63. The molecule has 0 radical (unpaired) electrons. The molecule has 1 aromatic rings. The second kappa shape index (κ2) is 4.42. The standard InChI is InChI=1S/C9H12F3N3O/c10-9(11,12)5-15-6-14-3-7(15)8-4-13-1-2-16-8/h3,6,8,13H,1-2,4-5H2. The van der Waals surface area contributed by atoms with E-state index in [2.05, 4.69) is 10.3 Å². The van der Waals surface area contributed by atoms with Crippen LogP contribution in [0.2, 0.25) is 0 Å². The van der Waals surface area contributed by atoms with Gasteiger partial charge in [0.05, 0.1) is 24.8 Å². The van der Waals surface area contributed by atoms with E-state index < -0.39 is 12.7 Å². The van der Waals surface area contributed by atoms with Crippen molar-refractivity contribution in [2.24, 2.45) is 0 Å². The van der Waals surface area contributed by atoms with E-state index in [0.717, 1.165) is 11.1 Å². The summed E-state index contributed by atoms with van der Waals surface area (Å²) in [5, 5.41) is 3.07. The molecule has 1 N–H and O–H groups in total. The van der Waals surface area contributed by atoms with Gasteiger partial charge in [0.15, 0.2) is 0 Å². The van der Waals surface area contributed by atoms with Crippen LogP contribution in [-0.2, 0) is 11.3 Å². The molecule has 90 valence electrons. The first-order valence-corrected chi connectivity index (χ1v) is 4.95. The van der Waals surface area contributed by atoms with Crippen molar-refractivity contribution >= 4 is 0 Å². The molecule has 1 aliphatic heterocycles. The quantitative estimate of drug-likeness (QED) is 0.834. The van der Waals surface area contributed by atoms with Crippen LogP contribution in [0.5, 0.6) is 0 Å². The first-order valence-electron chi connectivity index (χ1n) is 4.95. The predicted molar refractivity (Wildman–Crippen MR) is 49.8 cm³/mol. The molecule has 4 nitrogen and oxygen atoms in total. The molecule has 0 spiro atoms. The van der Waals surface area contributed by atoms with Crippen molar-refractivity contribution in [3.05, 3.63) is 18.2 Å². The van der Waals surface area contributed by atoms with E-state index in [1.807, 2.05) is 0 Å². The van der Waals surface area contributed by atoms with Gasteiger partial charge < -0.3 is 14.6 Å². The molecule has 0 saturated carbocycles. The van der Waals surface area contributed by atoms with Crippen molar-refractivity contribution in [1.82, 2.24) is 14.9 Å². The Kier molecular flexibility index (Phi) is 3.15. The Labute approximate surface area is 90.4 Å². The van der Waals surface area contributed by atoms with Crippen molar-refractivity contribution in [1.29, 1.82) is 0 Å². The van der Waals surface area contributed by atoms with Crippen LogP contribution in [0.15, 0.2) is 12.5 Å². The Morgan fingerprint density at radius 3 is 3.00 bits per heavy atom. The van der Waals surface area contributed by atoms with Crippen LogP contribution in [0, 0.1) is 0 Å². The zero-order valence-corrected chi connectivity index (χ0v) is 8.50. The maximum absolute atomic E-state index is 12.3. The number of hydrogen-bond donors (Lipinski definition) is 1. The molecule has 1 aliphatic rings. The molecule has 0 aliphatic carbocycles. The summed E-state index contributed by atoms with van der Waals surface area (Å²) >= 11 is 0. The Bertz CT molecular complexity index is 344. The highest BCUT2D eigenvalue weighted by Gasteiger charge is 2.30. The van der Waals surface area contributed by atoms with Gasteiger partial charge in [-0.25, -0.2) is 4.98 Å². The molecule has 1 saturated heterocycles. The minimum Gasteiger partial charge on any atom is -0.369 e. The van der Waals surface area contributed by atoms with E-state index in [0.29, 0.717) is 18.8 Å². The molecular weight excluding hydrogens is 223 g/mol. The van der Waals surface area contributed by atoms with Crippen LogP contribution in [0.3, 0.4) is 0 Å². The topological polar surface area (TPSA) is 39.1 Å². The number of imidazole rings is 1.